The molecule has 1 atom stereocenters. The molecule has 4 rings (SSSR count). The molecule has 2 aromatic rings. The van der Waals surface area contributed by atoms with Crippen LogP contribution in [-0.4, -0.2) is 52.2 Å². The molecule has 1 saturated heterocycles. The van der Waals surface area contributed by atoms with Crippen LogP contribution < -0.4 is 19.3 Å². The molecule has 2 amide bonds. The third kappa shape index (κ3) is 3.69. The van der Waals surface area contributed by atoms with Crippen LogP contribution in [0.1, 0.15) is 22.3 Å². The van der Waals surface area contributed by atoms with Gasteiger partial charge in [-0.15, -0.1) is 0 Å². The maximum Gasteiger partial charge on any atom is 0.337 e. The molecule has 2 heterocycles. The minimum absolute atomic E-state index is 0.0899. The van der Waals surface area contributed by atoms with Gasteiger partial charge in [0, 0.05) is 31.3 Å². The molecule has 0 saturated carbocycles. The molecule has 8 nitrogen and oxygen atoms in total. The second kappa shape index (κ2) is 8.29. The molecule has 0 spiro atoms. The minimum atomic E-state index is -0.453. The van der Waals surface area contributed by atoms with Gasteiger partial charge in [-0.05, 0) is 42.3 Å². The average Bonchev–Trinajstić information content (AvgIpc) is 3.40. The average molecular weight is 424 g/mol. The Morgan fingerprint density at radius 3 is 2.48 bits per heavy atom. The Hall–Kier alpha value is -3.55. The van der Waals surface area contributed by atoms with Crippen molar-refractivity contribution in [3.8, 4) is 11.5 Å². The Kier molecular flexibility index (Phi) is 5.54. The van der Waals surface area contributed by atoms with E-state index in [1.54, 1.807) is 53.3 Å². The standard InChI is InChI=1S/C23H24N2O6/c1-29-17-5-7-19(20(12-17)30-2)25-13-16(11-21(25)26)22(27)24-9-8-14-10-15(23(28)31-3)4-6-18(14)24/h4-7,10,12,16H,8-9,11,13H2,1-3H3. The molecule has 0 bridgehead atoms. The van der Waals surface area contributed by atoms with Crippen molar-refractivity contribution in [3.63, 3.8) is 0 Å². The van der Waals surface area contributed by atoms with Crippen molar-refractivity contribution in [1.82, 2.24) is 0 Å². The van der Waals surface area contributed by atoms with Crippen LogP contribution in [0.15, 0.2) is 36.4 Å². The third-order valence-corrected chi connectivity index (χ3v) is 5.81. The van der Waals surface area contributed by atoms with Gasteiger partial charge in [0.15, 0.2) is 0 Å². The number of methoxy groups -OCH3 is 3. The van der Waals surface area contributed by atoms with Gasteiger partial charge in [0.2, 0.25) is 11.8 Å². The maximum absolute atomic E-state index is 13.3. The summed E-state index contributed by atoms with van der Waals surface area (Å²) in [6.45, 7) is 0.807. The van der Waals surface area contributed by atoms with Crippen LogP contribution in [0.25, 0.3) is 0 Å². The summed E-state index contributed by atoms with van der Waals surface area (Å²) in [5.74, 6) is 0.0706. The van der Waals surface area contributed by atoms with Gasteiger partial charge in [0.25, 0.3) is 0 Å². The highest BCUT2D eigenvalue weighted by molar-refractivity contribution is 6.06. The first-order valence-corrected chi connectivity index (χ1v) is 10.0. The highest BCUT2D eigenvalue weighted by Gasteiger charge is 2.40. The van der Waals surface area contributed by atoms with Crippen molar-refractivity contribution in [2.24, 2.45) is 5.92 Å². The summed E-state index contributed by atoms with van der Waals surface area (Å²) in [5.41, 5.74) is 2.79. The summed E-state index contributed by atoms with van der Waals surface area (Å²) >= 11 is 0. The molecule has 162 valence electrons. The van der Waals surface area contributed by atoms with Crippen molar-refractivity contribution in [2.75, 3.05) is 44.2 Å². The van der Waals surface area contributed by atoms with Crippen LogP contribution in [-0.2, 0) is 20.7 Å². The topological polar surface area (TPSA) is 85.4 Å². The summed E-state index contributed by atoms with van der Waals surface area (Å²) < 4.78 is 15.4. The van der Waals surface area contributed by atoms with Crippen molar-refractivity contribution >= 4 is 29.2 Å². The zero-order valence-electron chi connectivity index (χ0n) is 17.7. The SMILES string of the molecule is COC(=O)c1ccc2c(c1)CCN2C(=O)C1CC(=O)N(c2ccc(OC)cc2OC)C1. The van der Waals surface area contributed by atoms with Gasteiger partial charge < -0.3 is 24.0 Å². The summed E-state index contributed by atoms with van der Waals surface area (Å²) in [6, 6.07) is 10.4. The Labute approximate surface area is 180 Å². The highest BCUT2D eigenvalue weighted by atomic mass is 16.5. The molecular weight excluding hydrogens is 400 g/mol. The fraction of sp³-hybridized carbons (Fsp3) is 0.348. The predicted molar refractivity (Wildman–Crippen MR) is 114 cm³/mol. The molecule has 0 radical (unpaired) electrons. The fourth-order valence-electron chi connectivity index (χ4n) is 4.21. The monoisotopic (exact) mass is 424 g/mol. The van der Waals surface area contributed by atoms with Gasteiger partial charge in [-0.2, -0.15) is 0 Å². The van der Waals surface area contributed by atoms with Crippen molar-refractivity contribution in [2.45, 2.75) is 12.8 Å². The van der Waals surface area contributed by atoms with Crippen molar-refractivity contribution < 1.29 is 28.6 Å². The van der Waals surface area contributed by atoms with Crippen LogP contribution in [0.2, 0.25) is 0 Å². The fourth-order valence-corrected chi connectivity index (χ4v) is 4.21. The van der Waals surface area contributed by atoms with Gasteiger partial charge in [-0.1, -0.05) is 0 Å². The number of ether oxygens (including phenoxy) is 3. The first kappa shape index (κ1) is 20.7. The van der Waals surface area contributed by atoms with Crippen molar-refractivity contribution in [3.05, 3.63) is 47.5 Å². The summed E-state index contributed by atoms with van der Waals surface area (Å²) in [4.78, 5) is 41.1. The summed E-state index contributed by atoms with van der Waals surface area (Å²) in [6.07, 6.45) is 0.794. The largest absolute Gasteiger partial charge is 0.497 e. The Morgan fingerprint density at radius 2 is 1.77 bits per heavy atom. The molecule has 2 aliphatic heterocycles. The van der Waals surface area contributed by atoms with E-state index in [2.05, 4.69) is 0 Å². The zero-order chi connectivity index (χ0) is 22.1. The second-order valence-corrected chi connectivity index (χ2v) is 7.52. The lowest BCUT2D eigenvalue weighted by molar-refractivity contribution is -0.124. The molecule has 31 heavy (non-hydrogen) atoms. The van der Waals surface area contributed by atoms with Gasteiger partial charge >= 0.3 is 5.97 Å². The summed E-state index contributed by atoms with van der Waals surface area (Å²) in [5, 5.41) is 0. The molecule has 1 fully saturated rings. The number of hydrogen-bond donors (Lipinski definition) is 0. The second-order valence-electron chi connectivity index (χ2n) is 7.52. The maximum atomic E-state index is 13.3. The van der Waals surface area contributed by atoms with E-state index in [1.807, 2.05) is 0 Å². The van der Waals surface area contributed by atoms with E-state index in [4.69, 9.17) is 14.2 Å². The van der Waals surface area contributed by atoms with Gasteiger partial charge in [0.05, 0.1) is 38.5 Å². The number of carbonyl (C=O) groups is 3. The van der Waals surface area contributed by atoms with E-state index in [0.717, 1.165) is 11.3 Å². The molecule has 1 unspecified atom stereocenters. The molecular formula is C23H24N2O6. The van der Waals surface area contributed by atoms with Gasteiger partial charge in [0.1, 0.15) is 11.5 Å². The Morgan fingerprint density at radius 1 is 1.00 bits per heavy atom. The quantitative estimate of drug-likeness (QED) is 0.686. The van der Waals surface area contributed by atoms with E-state index >= 15 is 0 Å². The lowest BCUT2D eigenvalue weighted by atomic mass is 10.1. The minimum Gasteiger partial charge on any atom is -0.497 e. The number of fused-ring (bicyclic) bond motifs is 1. The molecule has 2 aliphatic rings. The lowest BCUT2D eigenvalue weighted by Gasteiger charge is -2.23. The van der Waals surface area contributed by atoms with Crippen LogP contribution in [0.4, 0.5) is 11.4 Å². The number of nitrogens with zero attached hydrogens (tertiary/aromatic N) is 2. The van der Waals surface area contributed by atoms with E-state index in [0.29, 0.717) is 35.7 Å². The number of carbonyl (C=O) groups excluding carboxylic acids is 3. The Balaban J connectivity index is 1.53. The summed E-state index contributed by atoms with van der Waals surface area (Å²) in [7, 11) is 4.43. The first-order chi connectivity index (χ1) is 15.0. The number of anilines is 2. The van der Waals surface area contributed by atoms with Crippen LogP contribution in [0.3, 0.4) is 0 Å². The number of benzene rings is 2. The zero-order valence-corrected chi connectivity index (χ0v) is 17.7. The van der Waals surface area contributed by atoms with Gasteiger partial charge in [-0.25, -0.2) is 4.79 Å². The molecule has 0 aliphatic carbocycles. The molecule has 8 heteroatoms. The van der Waals surface area contributed by atoms with E-state index in [9.17, 15) is 14.4 Å². The number of rotatable bonds is 5. The first-order valence-electron chi connectivity index (χ1n) is 10.0. The van der Waals surface area contributed by atoms with Crippen LogP contribution >= 0.6 is 0 Å². The van der Waals surface area contributed by atoms with Crippen LogP contribution in [0, 0.1) is 5.92 Å². The van der Waals surface area contributed by atoms with Gasteiger partial charge in [-0.3, -0.25) is 9.59 Å². The van der Waals surface area contributed by atoms with E-state index in [-0.39, 0.29) is 24.8 Å². The van der Waals surface area contributed by atoms with E-state index in [1.165, 1.54) is 14.2 Å². The highest BCUT2D eigenvalue weighted by Crippen LogP contribution is 2.37. The molecule has 2 aromatic carbocycles. The van der Waals surface area contributed by atoms with Crippen molar-refractivity contribution in [1.29, 1.82) is 0 Å². The third-order valence-electron chi connectivity index (χ3n) is 5.81. The normalized spacial score (nSPS) is 17.5. The van der Waals surface area contributed by atoms with E-state index < -0.39 is 11.9 Å². The number of amides is 2. The lowest BCUT2D eigenvalue weighted by Crippen LogP contribution is -2.36. The smallest absolute Gasteiger partial charge is 0.337 e. The van der Waals surface area contributed by atoms with Crippen LogP contribution in [0.5, 0.6) is 11.5 Å². The Bertz CT molecular complexity index is 1050. The molecule has 0 aromatic heterocycles. The number of hydrogen-bond acceptors (Lipinski definition) is 6. The predicted octanol–water partition coefficient (Wildman–Crippen LogP) is 2.43. The number of esters is 1. The molecule has 0 N–H and O–H groups in total.